The Morgan fingerprint density at radius 1 is 1.27 bits per heavy atom. The molecule has 4 heteroatoms. The summed E-state index contributed by atoms with van der Waals surface area (Å²) in [4.78, 5) is 0. The maximum Gasteiger partial charge on any atom is 0.152 e. The van der Waals surface area contributed by atoms with Crippen LogP contribution in [0, 0.1) is 5.92 Å². The Kier molecular flexibility index (Phi) is 4.91. The van der Waals surface area contributed by atoms with Gasteiger partial charge in [-0.15, -0.1) is 11.6 Å². The van der Waals surface area contributed by atoms with Crippen molar-refractivity contribution >= 4 is 21.4 Å². The third kappa shape index (κ3) is 4.73. The molecule has 1 unspecified atom stereocenters. The molecule has 0 aromatic carbocycles. The first-order valence-electron chi connectivity index (χ1n) is 5.79. The van der Waals surface area contributed by atoms with Gasteiger partial charge in [-0.05, 0) is 45.4 Å². The second kappa shape index (κ2) is 5.53. The Hall–Kier alpha value is 0.240. The van der Waals surface area contributed by atoms with E-state index in [2.05, 4.69) is 0 Å². The number of rotatable bonds is 7. The summed E-state index contributed by atoms with van der Waals surface area (Å²) >= 11 is 6.14. The van der Waals surface area contributed by atoms with Gasteiger partial charge < -0.3 is 0 Å². The van der Waals surface area contributed by atoms with Gasteiger partial charge in [0.1, 0.15) is 0 Å². The average Bonchev–Trinajstić information content (AvgIpc) is 2.94. The van der Waals surface area contributed by atoms with Crippen molar-refractivity contribution in [1.82, 2.24) is 0 Å². The molecule has 1 saturated carbocycles. The van der Waals surface area contributed by atoms with Crippen molar-refractivity contribution in [3.05, 3.63) is 0 Å². The minimum absolute atomic E-state index is 0.243. The highest BCUT2D eigenvalue weighted by Gasteiger charge is 2.29. The lowest BCUT2D eigenvalue weighted by molar-refractivity contribution is 0.576. The van der Waals surface area contributed by atoms with Crippen molar-refractivity contribution in [2.75, 3.05) is 5.75 Å². The van der Waals surface area contributed by atoms with Crippen LogP contribution in [0.15, 0.2) is 0 Å². The molecule has 90 valence electrons. The third-order valence-electron chi connectivity index (χ3n) is 3.01. The van der Waals surface area contributed by atoms with Crippen LogP contribution in [0.4, 0.5) is 0 Å². The first kappa shape index (κ1) is 13.3. The maximum absolute atomic E-state index is 11.5. The minimum atomic E-state index is -2.84. The lowest BCUT2D eigenvalue weighted by Crippen LogP contribution is -2.17. The van der Waals surface area contributed by atoms with Gasteiger partial charge in [0.2, 0.25) is 0 Å². The molecule has 0 aromatic rings. The van der Waals surface area contributed by atoms with Gasteiger partial charge in [-0.25, -0.2) is 8.42 Å². The zero-order valence-corrected chi connectivity index (χ0v) is 11.1. The highest BCUT2D eigenvalue weighted by molar-refractivity contribution is 7.91. The first-order valence-corrected chi connectivity index (χ1v) is 7.94. The number of alkyl halides is 1. The van der Waals surface area contributed by atoms with Crippen molar-refractivity contribution in [1.29, 1.82) is 0 Å². The van der Waals surface area contributed by atoms with Crippen LogP contribution in [0.5, 0.6) is 0 Å². The molecular formula is C11H21ClO2S. The summed E-state index contributed by atoms with van der Waals surface area (Å²) < 4.78 is 23.0. The number of sulfone groups is 1. The second-order valence-corrected chi connectivity index (χ2v) is 8.00. The predicted molar refractivity (Wildman–Crippen MR) is 65.1 cm³/mol. The summed E-state index contributed by atoms with van der Waals surface area (Å²) in [5.74, 6) is 1.03. The van der Waals surface area contributed by atoms with Crippen molar-refractivity contribution in [3.63, 3.8) is 0 Å². The molecule has 0 amide bonds. The van der Waals surface area contributed by atoms with Gasteiger partial charge in [-0.2, -0.15) is 0 Å². The molecule has 0 spiro atoms. The molecule has 1 atom stereocenters. The molecule has 0 aromatic heterocycles. The molecule has 1 aliphatic rings. The third-order valence-corrected chi connectivity index (χ3v) is 5.88. The van der Waals surface area contributed by atoms with E-state index in [9.17, 15) is 8.42 Å². The molecule has 2 nitrogen and oxygen atoms in total. The standard InChI is InChI=1S/C11H21ClO2S/c1-9(2)15(13,14)8-4-3-5-11(12)10-6-7-10/h9-11H,3-8H2,1-2H3. The van der Waals surface area contributed by atoms with E-state index in [4.69, 9.17) is 11.6 Å². The predicted octanol–water partition coefficient (Wildman–Crippen LogP) is 3.00. The van der Waals surface area contributed by atoms with Gasteiger partial charge in [-0.3, -0.25) is 0 Å². The molecule has 0 heterocycles. The molecule has 15 heavy (non-hydrogen) atoms. The minimum Gasteiger partial charge on any atom is -0.229 e. The molecule has 0 aliphatic heterocycles. The van der Waals surface area contributed by atoms with Crippen LogP contribution < -0.4 is 0 Å². The topological polar surface area (TPSA) is 34.1 Å². The van der Waals surface area contributed by atoms with E-state index < -0.39 is 9.84 Å². The van der Waals surface area contributed by atoms with Crippen molar-refractivity contribution < 1.29 is 8.42 Å². The van der Waals surface area contributed by atoms with Crippen LogP contribution in [0.2, 0.25) is 0 Å². The van der Waals surface area contributed by atoms with Gasteiger partial charge in [0.15, 0.2) is 9.84 Å². The van der Waals surface area contributed by atoms with E-state index >= 15 is 0 Å². The van der Waals surface area contributed by atoms with Gasteiger partial charge in [-0.1, -0.05) is 6.42 Å². The summed E-state index contributed by atoms with van der Waals surface area (Å²) in [5.41, 5.74) is 0. The molecule has 0 saturated heterocycles. The fraction of sp³-hybridized carbons (Fsp3) is 1.00. The zero-order valence-electron chi connectivity index (χ0n) is 9.58. The number of hydrogen-bond acceptors (Lipinski definition) is 2. The van der Waals surface area contributed by atoms with E-state index in [1.54, 1.807) is 13.8 Å². The van der Waals surface area contributed by atoms with Gasteiger partial charge in [0.25, 0.3) is 0 Å². The van der Waals surface area contributed by atoms with E-state index in [1.165, 1.54) is 12.8 Å². The largest absolute Gasteiger partial charge is 0.229 e. The highest BCUT2D eigenvalue weighted by atomic mass is 35.5. The van der Waals surface area contributed by atoms with E-state index in [-0.39, 0.29) is 10.6 Å². The number of hydrogen-bond donors (Lipinski definition) is 0. The fourth-order valence-corrected chi connectivity index (χ4v) is 3.06. The maximum atomic E-state index is 11.5. The molecule has 1 rings (SSSR count). The molecule has 1 fully saturated rings. The Morgan fingerprint density at radius 2 is 1.87 bits per heavy atom. The van der Waals surface area contributed by atoms with Gasteiger partial charge in [0.05, 0.1) is 11.0 Å². The van der Waals surface area contributed by atoms with Crippen LogP contribution in [0.25, 0.3) is 0 Å². The van der Waals surface area contributed by atoms with Crippen molar-refractivity contribution in [2.24, 2.45) is 5.92 Å². The monoisotopic (exact) mass is 252 g/mol. The van der Waals surface area contributed by atoms with Crippen LogP contribution in [0.1, 0.15) is 46.0 Å². The van der Waals surface area contributed by atoms with Crippen LogP contribution in [-0.2, 0) is 9.84 Å². The molecule has 0 bridgehead atoms. The normalized spacial score (nSPS) is 19.5. The van der Waals surface area contributed by atoms with Crippen LogP contribution in [0.3, 0.4) is 0 Å². The zero-order chi connectivity index (χ0) is 11.5. The second-order valence-electron chi connectivity index (χ2n) is 4.76. The summed E-state index contributed by atoms with van der Waals surface area (Å²) in [6.45, 7) is 3.48. The number of halogens is 1. The lowest BCUT2D eigenvalue weighted by Gasteiger charge is -2.09. The number of unbranched alkanes of at least 4 members (excludes halogenated alkanes) is 1. The van der Waals surface area contributed by atoms with E-state index in [0.717, 1.165) is 19.3 Å². The molecule has 0 radical (unpaired) electrons. The fourth-order valence-electron chi connectivity index (χ4n) is 1.57. The quantitative estimate of drug-likeness (QED) is 0.516. The molecule has 1 aliphatic carbocycles. The van der Waals surface area contributed by atoms with Crippen molar-refractivity contribution in [3.8, 4) is 0 Å². The lowest BCUT2D eigenvalue weighted by atomic mass is 10.1. The Morgan fingerprint density at radius 3 is 2.33 bits per heavy atom. The average molecular weight is 253 g/mol. The smallest absolute Gasteiger partial charge is 0.152 e. The van der Waals surface area contributed by atoms with Gasteiger partial charge >= 0.3 is 0 Å². The SMILES string of the molecule is CC(C)S(=O)(=O)CCCCC(Cl)C1CC1. The summed E-state index contributed by atoms with van der Waals surface area (Å²) in [6, 6.07) is 0. The Bertz CT molecular complexity index is 281. The summed E-state index contributed by atoms with van der Waals surface area (Å²) in [7, 11) is -2.84. The summed E-state index contributed by atoms with van der Waals surface area (Å²) in [5, 5.41) is 0.0412. The first-order chi connectivity index (χ1) is 6.93. The van der Waals surface area contributed by atoms with Gasteiger partial charge in [0, 0.05) is 5.38 Å². The Balaban J connectivity index is 2.10. The van der Waals surface area contributed by atoms with Crippen molar-refractivity contribution in [2.45, 2.75) is 56.6 Å². The van der Waals surface area contributed by atoms with E-state index in [0.29, 0.717) is 11.7 Å². The van der Waals surface area contributed by atoms with Crippen LogP contribution >= 0.6 is 11.6 Å². The molecule has 0 N–H and O–H groups in total. The van der Waals surface area contributed by atoms with E-state index in [1.807, 2.05) is 0 Å². The molecular weight excluding hydrogens is 232 g/mol. The van der Waals surface area contributed by atoms with Crippen LogP contribution in [-0.4, -0.2) is 24.8 Å². The Labute approximate surface area is 98.3 Å². The highest BCUT2D eigenvalue weighted by Crippen LogP contribution is 2.37. The summed E-state index contributed by atoms with van der Waals surface area (Å²) in [6.07, 6.45) is 5.20.